The molecule has 0 N–H and O–H groups in total. The number of halogens is 2. The van der Waals surface area contributed by atoms with Crippen LogP contribution < -0.4 is 0 Å². The van der Waals surface area contributed by atoms with Gasteiger partial charge in [-0.3, -0.25) is 0 Å². The maximum atomic E-state index is 12.8. The summed E-state index contributed by atoms with van der Waals surface area (Å²) in [5.41, 5.74) is 0.765. The average molecular weight is 507 g/mol. The lowest BCUT2D eigenvalue weighted by Gasteiger charge is -2.28. The van der Waals surface area contributed by atoms with E-state index in [4.69, 9.17) is 23.2 Å². The SMILES string of the molecule is O=S(=O)(N=C1c2ccccc2C(=NS(=O)(=O)c2ccccc2)C(Cl)C1Cl)c1ccccc1. The van der Waals surface area contributed by atoms with E-state index in [1.807, 2.05) is 0 Å². The van der Waals surface area contributed by atoms with Crippen molar-refractivity contribution >= 4 is 54.7 Å². The lowest BCUT2D eigenvalue weighted by atomic mass is 9.88. The monoisotopic (exact) mass is 506 g/mol. The van der Waals surface area contributed by atoms with E-state index in [9.17, 15) is 16.8 Å². The number of hydrogen-bond donors (Lipinski definition) is 0. The molecule has 3 aromatic carbocycles. The fourth-order valence-electron chi connectivity index (χ4n) is 3.25. The van der Waals surface area contributed by atoms with Crippen LogP contribution in [0.25, 0.3) is 0 Å². The molecular weight excluding hydrogens is 491 g/mol. The summed E-state index contributed by atoms with van der Waals surface area (Å²) in [4.78, 5) is 0.0113. The molecule has 1 aliphatic rings. The second-order valence-electron chi connectivity index (χ2n) is 6.88. The molecule has 10 heteroatoms. The van der Waals surface area contributed by atoms with E-state index in [0.29, 0.717) is 11.1 Å². The van der Waals surface area contributed by atoms with Gasteiger partial charge in [-0.05, 0) is 24.3 Å². The highest BCUT2D eigenvalue weighted by molar-refractivity contribution is 7.90. The van der Waals surface area contributed by atoms with Crippen molar-refractivity contribution in [3.05, 3.63) is 96.1 Å². The van der Waals surface area contributed by atoms with Crippen molar-refractivity contribution in [3.8, 4) is 0 Å². The van der Waals surface area contributed by atoms with Crippen molar-refractivity contribution in [1.29, 1.82) is 0 Å². The summed E-state index contributed by atoms with van der Waals surface area (Å²) in [7, 11) is -8.14. The van der Waals surface area contributed by atoms with Gasteiger partial charge in [0.1, 0.15) is 0 Å². The summed E-state index contributed by atoms with van der Waals surface area (Å²) in [6.07, 6.45) is 0. The molecule has 0 saturated heterocycles. The minimum absolute atomic E-state index is 0.00564. The van der Waals surface area contributed by atoms with Crippen molar-refractivity contribution < 1.29 is 16.8 Å². The van der Waals surface area contributed by atoms with E-state index in [-0.39, 0.29) is 21.2 Å². The van der Waals surface area contributed by atoms with E-state index in [1.54, 1.807) is 60.7 Å². The van der Waals surface area contributed by atoms with Gasteiger partial charge in [0.2, 0.25) is 0 Å². The molecule has 6 nitrogen and oxygen atoms in total. The van der Waals surface area contributed by atoms with Crippen LogP contribution in [0.3, 0.4) is 0 Å². The number of sulfonamides is 2. The van der Waals surface area contributed by atoms with Gasteiger partial charge in [-0.2, -0.15) is 25.6 Å². The molecule has 0 radical (unpaired) electrons. The standard InChI is InChI=1S/C22H16Cl2N2O4S2/c23-19-20(24)22(26-32(29,30)16-11-5-2-6-12-16)18-14-8-7-13-17(18)21(19)25-31(27,28)15-9-3-1-4-10-15/h1-14,19-20H. The summed E-state index contributed by atoms with van der Waals surface area (Å²) in [5, 5.41) is -2.26. The van der Waals surface area contributed by atoms with Gasteiger partial charge in [0.05, 0.1) is 32.0 Å². The summed E-state index contributed by atoms with van der Waals surface area (Å²) < 4.78 is 59.3. The van der Waals surface area contributed by atoms with Crippen molar-refractivity contribution in [3.63, 3.8) is 0 Å². The van der Waals surface area contributed by atoms with Crippen molar-refractivity contribution in [2.45, 2.75) is 20.5 Å². The van der Waals surface area contributed by atoms with Gasteiger partial charge in [-0.1, -0.05) is 60.7 Å². The highest BCUT2D eigenvalue weighted by Crippen LogP contribution is 2.32. The predicted octanol–water partition coefficient (Wildman–Crippen LogP) is 4.27. The Morgan fingerprint density at radius 3 is 1.19 bits per heavy atom. The van der Waals surface area contributed by atoms with Gasteiger partial charge in [0.15, 0.2) is 0 Å². The molecule has 164 valence electrons. The van der Waals surface area contributed by atoms with Crippen LogP contribution in [-0.4, -0.2) is 39.0 Å². The topological polar surface area (TPSA) is 93.0 Å². The molecular formula is C22H16Cl2N2O4S2. The van der Waals surface area contributed by atoms with Crippen molar-refractivity contribution in [1.82, 2.24) is 0 Å². The third-order valence-corrected chi connectivity index (χ3v) is 8.43. The van der Waals surface area contributed by atoms with Gasteiger partial charge < -0.3 is 0 Å². The predicted molar refractivity (Wildman–Crippen MR) is 126 cm³/mol. The van der Waals surface area contributed by atoms with Crippen LogP contribution in [0.4, 0.5) is 0 Å². The van der Waals surface area contributed by atoms with Crippen LogP contribution in [0.5, 0.6) is 0 Å². The van der Waals surface area contributed by atoms with Crippen LogP contribution in [-0.2, 0) is 20.0 Å². The van der Waals surface area contributed by atoms with Gasteiger partial charge in [0, 0.05) is 11.1 Å². The van der Waals surface area contributed by atoms with Crippen LogP contribution in [0.1, 0.15) is 11.1 Å². The molecule has 0 aliphatic heterocycles. The van der Waals surface area contributed by atoms with Crippen LogP contribution in [0, 0.1) is 0 Å². The zero-order valence-electron chi connectivity index (χ0n) is 16.3. The number of nitrogens with zero attached hydrogens (tertiary/aromatic N) is 2. The highest BCUT2D eigenvalue weighted by Gasteiger charge is 2.38. The fourth-order valence-corrected chi connectivity index (χ4v) is 6.09. The highest BCUT2D eigenvalue weighted by atomic mass is 35.5. The second kappa shape index (κ2) is 8.78. The van der Waals surface area contributed by atoms with Crippen LogP contribution in [0.15, 0.2) is 104 Å². The third kappa shape index (κ3) is 4.36. The number of benzene rings is 3. The van der Waals surface area contributed by atoms with E-state index in [1.165, 1.54) is 24.3 Å². The Kier molecular flexibility index (Phi) is 6.22. The lowest BCUT2D eigenvalue weighted by Crippen LogP contribution is -2.40. The molecule has 2 atom stereocenters. The molecule has 3 aromatic rings. The molecule has 0 heterocycles. The number of alkyl halides is 2. The molecule has 1 aliphatic carbocycles. The van der Waals surface area contributed by atoms with E-state index in [2.05, 4.69) is 8.80 Å². The normalized spacial score (nSPS) is 21.4. The first-order valence-corrected chi connectivity index (χ1v) is 13.1. The first kappa shape index (κ1) is 22.7. The van der Waals surface area contributed by atoms with E-state index >= 15 is 0 Å². The quantitative estimate of drug-likeness (QED) is 0.493. The Bertz CT molecular complexity index is 1310. The number of fused-ring (bicyclic) bond motifs is 1. The van der Waals surface area contributed by atoms with Gasteiger partial charge in [-0.25, -0.2) is 0 Å². The largest absolute Gasteiger partial charge is 0.282 e. The Morgan fingerprint density at radius 2 is 0.844 bits per heavy atom. The van der Waals surface area contributed by atoms with E-state index in [0.717, 1.165) is 0 Å². The summed E-state index contributed by atoms with van der Waals surface area (Å²) in [6.45, 7) is 0. The van der Waals surface area contributed by atoms with Gasteiger partial charge >= 0.3 is 0 Å². The number of rotatable bonds is 4. The zero-order chi connectivity index (χ0) is 22.9. The summed E-state index contributed by atoms with van der Waals surface area (Å²) in [5.74, 6) is 0. The van der Waals surface area contributed by atoms with Crippen molar-refractivity contribution in [2.75, 3.05) is 0 Å². The molecule has 0 saturated carbocycles. The fraction of sp³-hybridized carbons (Fsp3) is 0.0909. The van der Waals surface area contributed by atoms with E-state index < -0.39 is 30.8 Å². The third-order valence-electron chi connectivity index (χ3n) is 4.78. The molecule has 0 spiro atoms. The minimum Gasteiger partial charge on any atom is -0.199 e. The van der Waals surface area contributed by atoms with Gasteiger partial charge in [0.25, 0.3) is 20.0 Å². The molecule has 0 fully saturated rings. The maximum absolute atomic E-state index is 12.8. The first-order chi connectivity index (χ1) is 15.2. The summed E-state index contributed by atoms with van der Waals surface area (Å²) >= 11 is 13.0. The molecule has 0 aromatic heterocycles. The Labute approximate surface area is 196 Å². The van der Waals surface area contributed by atoms with Crippen molar-refractivity contribution in [2.24, 2.45) is 8.80 Å². The maximum Gasteiger partial charge on any atom is 0.282 e. The average Bonchev–Trinajstić information content (AvgIpc) is 2.81. The molecule has 2 unspecified atom stereocenters. The molecule has 4 rings (SSSR count). The zero-order valence-corrected chi connectivity index (χ0v) is 19.5. The lowest BCUT2D eigenvalue weighted by molar-refractivity contribution is 0.596. The van der Waals surface area contributed by atoms with Gasteiger partial charge in [-0.15, -0.1) is 23.2 Å². The Balaban J connectivity index is 1.88. The van der Waals surface area contributed by atoms with Crippen LogP contribution in [0.2, 0.25) is 0 Å². The Hall–Kier alpha value is -2.52. The minimum atomic E-state index is -4.07. The first-order valence-electron chi connectivity index (χ1n) is 9.38. The Morgan fingerprint density at radius 1 is 0.531 bits per heavy atom. The second-order valence-corrected chi connectivity index (χ2v) is 11.0. The molecule has 0 amide bonds. The number of hydrogen-bond acceptors (Lipinski definition) is 4. The summed E-state index contributed by atoms with van der Waals surface area (Å²) in [6, 6.07) is 22.0. The molecule has 0 bridgehead atoms. The smallest absolute Gasteiger partial charge is 0.199 e. The van der Waals surface area contributed by atoms with Crippen LogP contribution >= 0.6 is 23.2 Å². The molecule has 32 heavy (non-hydrogen) atoms.